The first kappa shape index (κ1) is 14.4. The normalized spacial score (nSPS) is 11.8. The molecule has 0 aliphatic rings. The molecule has 0 unspecified atom stereocenters. The molecule has 1 aromatic heterocycles. The van der Waals surface area contributed by atoms with Crippen LogP contribution in [0.3, 0.4) is 0 Å². The van der Waals surface area contributed by atoms with Gasteiger partial charge in [-0.3, -0.25) is 9.78 Å². The van der Waals surface area contributed by atoms with Gasteiger partial charge in [-0.2, -0.15) is 0 Å². The van der Waals surface area contributed by atoms with Gasteiger partial charge in [0.05, 0.1) is 15.8 Å². The number of benzene rings is 1. The molecule has 20 heavy (non-hydrogen) atoms. The van der Waals surface area contributed by atoms with E-state index < -0.39 is 21.3 Å². The molecule has 8 nitrogen and oxygen atoms in total. The highest BCUT2D eigenvalue weighted by atomic mass is 32.2. The number of sulfonamides is 1. The number of nitrogens with two attached hydrogens (primary N) is 1. The van der Waals surface area contributed by atoms with Crippen molar-refractivity contribution in [1.82, 2.24) is 14.7 Å². The van der Waals surface area contributed by atoms with Gasteiger partial charge in [-0.05, 0) is 31.2 Å². The standard InChI is InChI=1S/C11H14N4O4S/c12-4-1-5-13-20(18,19)7-2-3-9-8(6-7)10(16)15-11(17)14-9/h2-3,6,13H,1,4-5,12H2,(H2,14,15,16,17). The molecule has 0 atom stereocenters. The summed E-state index contributed by atoms with van der Waals surface area (Å²) >= 11 is 0. The molecule has 1 aromatic carbocycles. The third-order valence-corrected chi connectivity index (χ3v) is 4.15. The highest BCUT2D eigenvalue weighted by molar-refractivity contribution is 7.89. The quantitative estimate of drug-likeness (QED) is 0.516. The van der Waals surface area contributed by atoms with Crippen molar-refractivity contribution in [2.45, 2.75) is 11.3 Å². The molecular weight excluding hydrogens is 284 g/mol. The summed E-state index contributed by atoms with van der Waals surface area (Å²) < 4.78 is 26.4. The molecule has 1 heterocycles. The van der Waals surface area contributed by atoms with Crippen LogP contribution in [0.2, 0.25) is 0 Å². The maximum atomic E-state index is 12.0. The Morgan fingerprint density at radius 3 is 2.65 bits per heavy atom. The smallest absolute Gasteiger partial charge is 0.326 e. The summed E-state index contributed by atoms with van der Waals surface area (Å²) in [5.41, 5.74) is 4.29. The van der Waals surface area contributed by atoms with Gasteiger partial charge in [-0.25, -0.2) is 17.9 Å². The van der Waals surface area contributed by atoms with Gasteiger partial charge in [0.2, 0.25) is 10.0 Å². The van der Waals surface area contributed by atoms with Crippen LogP contribution in [0.5, 0.6) is 0 Å². The zero-order chi connectivity index (χ0) is 14.8. The predicted molar refractivity (Wildman–Crippen MR) is 74.0 cm³/mol. The van der Waals surface area contributed by atoms with E-state index in [4.69, 9.17) is 5.73 Å². The monoisotopic (exact) mass is 298 g/mol. The van der Waals surface area contributed by atoms with Crippen LogP contribution in [-0.4, -0.2) is 31.5 Å². The van der Waals surface area contributed by atoms with Crippen molar-refractivity contribution in [2.75, 3.05) is 13.1 Å². The largest absolute Gasteiger partial charge is 0.330 e. The molecule has 0 amide bonds. The molecule has 0 aliphatic carbocycles. The zero-order valence-corrected chi connectivity index (χ0v) is 11.3. The van der Waals surface area contributed by atoms with Gasteiger partial charge < -0.3 is 10.7 Å². The lowest BCUT2D eigenvalue weighted by atomic mass is 10.2. The molecule has 2 aromatic rings. The second-order valence-electron chi connectivity index (χ2n) is 4.16. The molecule has 0 spiro atoms. The highest BCUT2D eigenvalue weighted by Gasteiger charge is 2.14. The molecule has 0 aliphatic heterocycles. The lowest BCUT2D eigenvalue weighted by Gasteiger charge is -2.06. The average Bonchev–Trinajstić information content (AvgIpc) is 2.38. The molecule has 9 heteroatoms. The van der Waals surface area contributed by atoms with Crippen molar-refractivity contribution in [3.05, 3.63) is 39.0 Å². The fraction of sp³-hybridized carbons (Fsp3) is 0.273. The summed E-state index contributed by atoms with van der Waals surface area (Å²) in [6.07, 6.45) is 0.515. The maximum Gasteiger partial charge on any atom is 0.326 e. The van der Waals surface area contributed by atoms with Gasteiger partial charge >= 0.3 is 5.69 Å². The van der Waals surface area contributed by atoms with Crippen LogP contribution in [0.15, 0.2) is 32.7 Å². The van der Waals surface area contributed by atoms with E-state index in [9.17, 15) is 18.0 Å². The van der Waals surface area contributed by atoms with Gasteiger partial charge in [0.25, 0.3) is 5.56 Å². The number of fused-ring (bicyclic) bond motifs is 1. The second kappa shape index (κ2) is 5.57. The highest BCUT2D eigenvalue weighted by Crippen LogP contribution is 2.13. The lowest BCUT2D eigenvalue weighted by Crippen LogP contribution is -2.27. The topological polar surface area (TPSA) is 138 Å². The van der Waals surface area contributed by atoms with Crippen LogP contribution in [0.25, 0.3) is 10.9 Å². The molecule has 0 saturated carbocycles. The van der Waals surface area contributed by atoms with Crippen molar-refractivity contribution in [3.63, 3.8) is 0 Å². The number of H-pyrrole nitrogens is 2. The van der Waals surface area contributed by atoms with E-state index in [0.717, 1.165) is 0 Å². The molecule has 0 radical (unpaired) electrons. The van der Waals surface area contributed by atoms with Crippen LogP contribution in [0.4, 0.5) is 0 Å². The van der Waals surface area contributed by atoms with Crippen molar-refractivity contribution in [2.24, 2.45) is 5.73 Å². The first-order chi connectivity index (χ1) is 9.44. The van der Waals surface area contributed by atoms with E-state index in [1.807, 2.05) is 4.98 Å². The average molecular weight is 298 g/mol. The van der Waals surface area contributed by atoms with Gasteiger partial charge in [0.15, 0.2) is 0 Å². The summed E-state index contributed by atoms with van der Waals surface area (Å²) in [6.45, 7) is 0.597. The summed E-state index contributed by atoms with van der Waals surface area (Å²) in [5, 5.41) is 0.103. The van der Waals surface area contributed by atoms with Gasteiger partial charge in [0, 0.05) is 6.54 Å². The number of hydrogen-bond donors (Lipinski definition) is 4. The molecule has 2 rings (SSSR count). The molecule has 5 N–H and O–H groups in total. The molecular formula is C11H14N4O4S. The van der Waals surface area contributed by atoms with Gasteiger partial charge in [0.1, 0.15) is 0 Å². The van der Waals surface area contributed by atoms with Gasteiger partial charge in [-0.15, -0.1) is 0 Å². The van der Waals surface area contributed by atoms with Crippen LogP contribution >= 0.6 is 0 Å². The third-order valence-electron chi connectivity index (χ3n) is 2.69. The Kier molecular flexibility index (Phi) is 4.02. The minimum absolute atomic E-state index is 0.0421. The number of aromatic nitrogens is 2. The number of hydrogen-bond acceptors (Lipinski definition) is 5. The fourth-order valence-electron chi connectivity index (χ4n) is 1.70. The molecule has 0 bridgehead atoms. The Morgan fingerprint density at radius 1 is 1.20 bits per heavy atom. The van der Waals surface area contributed by atoms with Crippen molar-refractivity contribution < 1.29 is 8.42 Å². The van der Waals surface area contributed by atoms with E-state index in [1.165, 1.54) is 18.2 Å². The number of rotatable bonds is 5. The van der Waals surface area contributed by atoms with Crippen LogP contribution < -0.4 is 21.7 Å². The summed E-state index contributed by atoms with van der Waals surface area (Å²) in [6, 6.07) is 3.92. The van der Waals surface area contributed by atoms with E-state index in [-0.39, 0.29) is 22.3 Å². The van der Waals surface area contributed by atoms with Crippen LogP contribution in [-0.2, 0) is 10.0 Å². The van der Waals surface area contributed by atoms with E-state index in [2.05, 4.69) is 9.71 Å². The Bertz CT molecular complexity index is 837. The van der Waals surface area contributed by atoms with E-state index in [1.54, 1.807) is 0 Å². The summed E-state index contributed by atoms with van der Waals surface area (Å²) in [7, 11) is -3.70. The van der Waals surface area contributed by atoms with Crippen molar-refractivity contribution >= 4 is 20.9 Å². The number of aromatic amines is 2. The van der Waals surface area contributed by atoms with Crippen molar-refractivity contribution in [3.8, 4) is 0 Å². The SMILES string of the molecule is NCCCNS(=O)(=O)c1ccc2[nH]c(=O)[nH]c(=O)c2c1. The van der Waals surface area contributed by atoms with E-state index in [0.29, 0.717) is 13.0 Å². The van der Waals surface area contributed by atoms with Crippen molar-refractivity contribution in [1.29, 1.82) is 0 Å². The second-order valence-corrected chi connectivity index (χ2v) is 5.92. The Hall–Kier alpha value is -1.97. The van der Waals surface area contributed by atoms with E-state index >= 15 is 0 Å². The Balaban J connectivity index is 2.46. The number of nitrogens with one attached hydrogen (secondary N) is 3. The van der Waals surface area contributed by atoms with Crippen LogP contribution in [0.1, 0.15) is 6.42 Å². The molecule has 0 fully saturated rings. The Labute approximate surface area is 114 Å². The lowest BCUT2D eigenvalue weighted by molar-refractivity contribution is 0.579. The Morgan fingerprint density at radius 2 is 1.95 bits per heavy atom. The zero-order valence-electron chi connectivity index (χ0n) is 10.5. The first-order valence-corrected chi connectivity index (χ1v) is 7.38. The molecule has 108 valence electrons. The predicted octanol–water partition coefficient (Wildman–Crippen LogP) is -1.16. The molecule has 0 saturated heterocycles. The third kappa shape index (κ3) is 2.95. The first-order valence-electron chi connectivity index (χ1n) is 5.90. The van der Waals surface area contributed by atoms with Gasteiger partial charge in [-0.1, -0.05) is 0 Å². The summed E-state index contributed by atoms with van der Waals surface area (Å²) in [4.78, 5) is 27.2. The minimum atomic E-state index is -3.70. The van der Waals surface area contributed by atoms with Crippen LogP contribution in [0, 0.1) is 0 Å². The summed E-state index contributed by atoms with van der Waals surface area (Å²) in [5.74, 6) is 0. The maximum absolute atomic E-state index is 12.0. The minimum Gasteiger partial charge on any atom is -0.330 e. The fourth-order valence-corrected chi connectivity index (χ4v) is 2.80.